The molecule has 1 N–H and O–H groups in total. The SMILES string of the molecule is CCC1(CC)CCN(Cc2ccoc2CNC)C1. The number of likely N-dealkylation sites (tertiary alicyclic amines) is 1. The molecule has 1 aromatic heterocycles. The number of rotatable bonds is 6. The summed E-state index contributed by atoms with van der Waals surface area (Å²) in [4.78, 5) is 2.58. The van der Waals surface area contributed by atoms with Crippen LogP contribution in [-0.2, 0) is 13.1 Å². The predicted molar refractivity (Wildman–Crippen MR) is 74.4 cm³/mol. The molecule has 0 bridgehead atoms. The molecule has 3 nitrogen and oxygen atoms in total. The van der Waals surface area contributed by atoms with Crippen molar-refractivity contribution in [1.29, 1.82) is 0 Å². The molecule has 0 radical (unpaired) electrons. The summed E-state index contributed by atoms with van der Waals surface area (Å²) in [7, 11) is 1.96. The highest BCUT2D eigenvalue weighted by Gasteiger charge is 2.34. The van der Waals surface area contributed by atoms with Crippen molar-refractivity contribution in [2.24, 2.45) is 5.41 Å². The molecule has 0 saturated carbocycles. The molecule has 0 aliphatic carbocycles. The molecular formula is C15H26N2O. The fraction of sp³-hybridized carbons (Fsp3) is 0.733. The van der Waals surface area contributed by atoms with Crippen LogP contribution in [0.2, 0.25) is 0 Å². The lowest BCUT2D eigenvalue weighted by atomic mass is 9.82. The number of nitrogens with one attached hydrogen (secondary N) is 1. The summed E-state index contributed by atoms with van der Waals surface area (Å²) in [6.45, 7) is 8.99. The van der Waals surface area contributed by atoms with E-state index in [1.165, 1.54) is 37.9 Å². The van der Waals surface area contributed by atoms with E-state index in [0.29, 0.717) is 5.41 Å². The summed E-state index contributed by atoms with van der Waals surface area (Å²) in [5, 5.41) is 3.16. The van der Waals surface area contributed by atoms with Gasteiger partial charge in [-0.05, 0) is 44.3 Å². The minimum Gasteiger partial charge on any atom is -0.468 e. The van der Waals surface area contributed by atoms with E-state index in [9.17, 15) is 0 Å². The molecule has 1 aliphatic heterocycles. The van der Waals surface area contributed by atoms with E-state index in [0.717, 1.165) is 18.8 Å². The minimum absolute atomic E-state index is 0.562. The van der Waals surface area contributed by atoms with Crippen molar-refractivity contribution in [2.75, 3.05) is 20.1 Å². The summed E-state index contributed by atoms with van der Waals surface area (Å²) in [6, 6.07) is 2.12. The Bertz CT molecular complexity index is 368. The van der Waals surface area contributed by atoms with Crippen molar-refractivity contribution in [1.82, 2.24) is 10.2 Å². The normalized spacial score (nSPS) is 19.5. The maximum absolute atomic E-state index is 5.53. The van der Waals surface area contributed by atoms with Gasteiger partial charge in [-0.1, -0.05) is 13.8 Å². The Kier molecular flexibility index (Phi) is 4.46. The Morgan fingerprint density at radius 1 is 1.39 bits per heavy atom. The van der Waals surface area contributed by atoms with Crippen LogP contribution < -0.4 is 5.32 Å². The maximum Gasteiger partial charge on any atom is 0.122 e. The van der Waals surface area contributed by atoms with Gasteiger partial charge in [0.2, 0.25) is 0 Å². The number of nitrogens with zero attached hydrogens (tertiary/aromatic N) is 1. The highest BCUT2D eigenvalue weighted by Crippen LogP contribution is 2.37. The molecule has 0 spiro atoms. The average molecular weight is 250 g/mol. The number of hydrogen-bond donors (Lipinski definition) is 1. The zero-order valence-electron chi connectivity index (χ0n) is 12.0. The highest BCUT2D eigenvalue weighted by molar-refractivity contribution is 5.17. The Labute approximate surface area is 111 Å². The van der Waals surface area contributed by atoms with Gasteiger partial charge in [-0.15, -0.1) is 0 Å². The van der Waals surface area contributed by atoms with Crippen molar-refractivity contribution in [3.8, 4) is 0 Å². The second kappa shape index (κ2) is 5.89. The molecule has 0 amide bonds. The van der Waals surface area contributed by atoms with Crippen LogP contribution in [0.25, 0.3) is 0 Å². The third-order valence-electron chi connectivity index (χ3n) is 4.59. The minimum atomic E-state index is 0.562. The average Bonchev–Trinajstić information content (AvgIpc) is 2.99. The summed E-state index contributed by atoms with van der Waals surface area (Å²) < 4.78 is 5.53. The fourth-order valence-corrected chi connectivity index (χ4v) is 3.05. The van der Waals surface area contributed by atoms with Crippen LogP contribution in [0.3, 0.4) is 0 Å². The highest BCUT2D eigenvalue weighted by atomic mass is 16.3. The van der Waals surface area contributed by atoms with Gasteiger partial charge in [0.15, 0.2) is 0 Å². The van der Waals surface area contributed by atoms with E-state index in [1.807, 2.05) is 13.3 Å². The largest absolute Gasteiger partial charge is 0.468 e. The Hall–Kier alpha value is -0.800. The molecule has 1 fully saturated rings. The van der Waals surface area contributed by atoms with Crippen LogP contribution in [0.5, 0.6) is 0 Å². The van der Waals surface area contributed by atoms with Crippen LogP contribution in [0.1, 0.15) is 44.4 Å². The molecule has 2 rings (SSSR count). The number of furan rings is 1. The molecule has 0 atom stereocenters. The van der Waals surface area contributed by atoms with Gasteiger partial charge in [0.1, 0.15) is 5.76 Å². The molecule has 18 heavy (non-hydrogen) atoms. The summed E-state index contributed by atoms with van der Waals surface area (Å²) in [5.41, 5.74) is 1.90. The molecular weight excluding hydrogens is 224 g/mol. The van der Waals surface area contributed by atoms with Crippen LogP contribution >= 0.6 is 0 Å². The van der Waals surface area contributed by atoms with Gasteiger partial charge in [-0.3, -0.25) is 4.90 Å². The van der Waals surface area contributed by atoms with Crippen molar-refractivity contribution in [2.45, 2.75) is 46.2 Å². The molecule has 0 unspecified atom stereocenters. The fourth-order valence-electron chi connectivity index (χ4n) is 3.05. The smallest absolute Gasteiger partial charge is 0.122 e. The van der Waals surface area contributed by atoms with Gasteiger partial charge in [0.25, 0.3) is 0 Å². The first-order valence-electron chi connectivity index (χ1n) is 7.15. The summed E-state index contributed by atoms with van der Waals surface area (Å²) in [5.74, 6) is 1.09. The standard InChI is InChI=1S/C15H26N2O/c1-4-15(5-2)7-8-17(12-15)11-13-6-9-18-14(13)10-16-3/h6,9,16H,4-5,7-8,10-12H2,1-3H3. The topological polar surface area (TPSA) is 28.4 Å². The van der Waals surface area contributed by atoms with Crippen molar-refractivity contribution in [3.63, 3.8) is 0 Å². The van der Waals surface area contributed by atoms with E-state index in [-0.39, 0.29) is 0 Å². The molecule has 2 heterocycles. The van der Waals surface area contributed by atoms with E-state index in [1.54, 1.807) is 0 Å². The van der Waals surface area contributed by atoms with Crippen molar-refractivity contribution >= 4 is 0 Å². The maximum atomic E-state index is 5.53. The van der Waals surface area contributed by atoms with E-state index in [4.69, 9.17) is 4.42 Å². The Morgan fingerprint density at radius 3 is 2.78 bits per heavy atom. The van der Waals surface area contributed by atoms with E-state index in [2.05, 4.69) is 30.1 Å². The lowest BCUT2D eigenvalue weighted by molar-refractivity contribution is 0.235. The first-order valence-corrected chi connectivity index (χ1v) is 7.15. The Morgan fingerprint density at radius 2 is 2.17 bits per heavy atom. The third-order valence-corrected chi connectivity index (χ3v) is 4.59. The van der Waals surface area contributed by atoms with Gasteiger partial charge in [-0.25, -0.2) is 0 Å². The molecule has 1 saturated heterocycles. The molecule has 1 aliphatic rings. The van der Waals surface area contributed by atoms with Crippen molar-refractivity contribution in [3.05, 3.63) is 23.7 Å². The van der Waals surface area contributed by atoms with Crippen molar-refractivity contribution < 1.29 is 4.42 Å². The summed E-state index contributed by atoms with van der Waals surface area (Å²) in [6.07, 6.45) is 5.76. The first-order chi connectivity index (χ1) is 8.73. The van der Waals surface area contributed by atoms with Crippen LogP contribution in [0.15, 0.2) is 16.7 Å². The predicted octanol–water partition coefficient (Wildman–Crippen LogP) is 3.01. The Balaban J connectivity index is 1.97. The zero-order valence-corrected chi connectivity index (χ0v) is 12.0. The van der Waals surface area contributed by atoms with E-state index >= 15 is 0 Å². The quantitative estimate of drug-likeness (QED) is 0.841. The lowest BCUT2D eigenvalue weighted by Gasteiger charge is -2.26. The second-order valence-corrected chi connectivity index (χ2v) is 5.57. The molecule has 0 aromatic carbocycles. The van der Waals surface area contributed by atoms with Gasteiger partial charge in [-0.2, -0.15) is 0 Å². The number of hydrogen-bond acceptors (Lipinski definition) is 3. The first kappa shape index (κ1) is 13.6. The van der Waals surface area contributed by atoms with E-state index < -0.39 is 0 Å². The monoisotopic (exact) mass is 250 g/mol. The summed E-state index contributed by atoms with van der Waals surface area (Å²) >= 11 is 0. The second-order valence-electron chi connectivity index (χ2n) is 5.57. The van der Waals surface area contributed by atoms with Gasteiger partial charge < -0.3 is 9.73 Å². The lowest BCUT2D eigenvalue weighted by Crippen LogP contribution is -2.26. The molecule has 3 heteroatoms. The molecule has 102 valence electrons. The van der Waals surface area contributed by atoms with Gasteiger partial charge in [0.05, 0.1) is 12.8 Å². The molecule has 1 aromatic rings. The van der Waals surface area contributed by atoms with Gasteiger partial charge >= 0.3 is 0 Å². The zero-order chi connectivity index (χ0) is 13.0. The van der Waals surface area contributed by atoms with Crippen LogP contribution in [0, 0.1) is 5.41 Å². The van der Waals surface area contributed by atoms with Crippen LogP contribution in [0.4, 0.5) is 0 Å². The van der Waals surface area contributed by atoms with Crippen LogP contribution in [-0.4, -0.2) is 25.0 Å². The van der Waals surface area contributed by atoms with Gasteiger partial charge in [0, 0.05) is 18.7 Å². The third kappa shape index (κ3) is 2.78.